The minimum absolute atomic E-state index is 0.138. The van der Waals surface area contributed by atoms with Gasteiger partial charge in [-0.1, -0.05) is 18.2 Å². The molecule has 0 bridgehead atoms. The minimum Gasteiger partial charge on any atom is -0.492 e. The van der Waals surface area contributed by atoms with Crippen molar-refractivity contribution >= 4 is 10.2 Å². The second kappa shape index (κ2) is 6.54. The van der Waals surface area contributed by atoms with E-state index in [1.165, 1.54) is 8.61 Å². The second-order valence-corrected chi connectivity index (χ2v) is 7.75. The third kappa shape index (κ3) is 3.12. The zero-order valence-corrected chi connectivity index (χ0v) is 13.3. The minimum atomic E-state index is -3.48. The highest BCUT2D eigenvalue weighted by Gasteiger charge is 2.34. The van der Waals surface area contributed by atoms with Crippen molar-refractivity contribution in [2.24, 2.45) is 5.92 Å². The fraction of sp³-hybridized carbons (Fsp3) is 0.600. The molecule has 0 amide bonds. The topological polar surface area (TPSA) is 70.1 Å². The molecule has 1 aromatic carbocycles. The average molecular weight is 326 g/mol. The lowest BCUT2D eigenvalue weighted by Gasteiger charge is -2.33. The van der Waals surface area contributed by atoms with Crippen molar-refractivity contribution in [3.05, 3.63) is 29.8 Å². The molecule has 0 saturated carbocycles. The quantitative estimate of drug-likeness (QED) is 0.893. The van der Waals surface area contributed by atoms with Crippen molar-refractivity contribution in [3.63, 3.8) is 0 Å². The molecule has 122 valence electrons. The highest BCUT2D eigenvalue weighted by molar-refractivity contribution is 7.86. The number of nitrogens with zero attached hydrogens (tertiary/aromatic N) is 2. The van der Waals surface area contributed by atoms with Gasteiger partial charge in [0.2, 0.25) is 0 Å². The van der Waals surface area contributed by atoms with Crippen LogP contribution >= 0.6 is 0 Å². The number of ether oxygens (including phenoxy) is 1. The van der Waals surface area contributed by atoms with Crippen LogP contribution in [0.2, 0.25) is 0 Å². The van der Waals surface area contributed by atoms with Crippen molar-refractivity contribution in [1.29, 1.82) is 0 Å². The summed E-state index contributed by atoms with van der Waals surface area (Å²) in [4.78, 5) is 0. The SMILES string of the molecule is O=S(=O)(N1CCC(CO)CC1)N1CCOc2ccccc2C1. The van der Waals surface area contributed by atoms with Crippen LogP contribution in [0.25, 0.3) is 0 Å². The molecule has 0 atom stereocenters. The molecule has 22 heavy (non-hydrogen) atoms. The highest BCUT2D eigenvalue weighted by atomic mass is 32.2. The monoisotopic (exact) mass is 326 g/mol. The molecule has 6 nitrogen and oxygen atoms in total. The number of rotatable bonds is 3. The van der Waals surface area contributed by atoms with Crippen molar-refractivity contribution in [2.75, 3.05) is 32.8 Å². The fourth-order valence-electron chi connectivity index (χ4n) is 2.98. The van der Waals surface area contributed by atoms with E-state index in [-0.39, 0.29) is 12.5 Å². The Kier molecular flexibility index (Phi) is 4.67. The van der Waals surface area contributed by atoms with Gasteiger partial charge in [0.05, 0.1) is 0 Å². The summed E-state index contributed by atoms with van der Waals surface area (Å²) in [5, 5.41) is 9.18. The number of aliphatic hydroxyl groups excluding tert-OH is 1. The van der Waals surface area contributed by atoms with E-state index in [1.807, 2.05) is 24.3 Å². The smallest absolute Gasteiger partial charge is 0.282 e. The third-order valence-electron chi connectivity index (χ3n) is 4.40. The first-order valence-electron chi connectivity index (χ1n) is 7.68. The molecule has 7 heteroatoms. The van der Waals surface area contributed by atoms with Gasteiger partial charge in [-0.05, 0) is 24.8 Å². The molecule has 2 aliphatic rings. The molecule has 2 heterocycles. The van der Waals surface area contributed by atoms with Crippen LogP contribution in [-0.2, 0) is 16.8 Å². The normalized spacial score (nSPS) is 21.9. The number of para-hydroxylation sites is 1. The Morgan fingerprint density at radius 2 is 1.86 bits per heavy atom. The molecular formula is C15H22N2O4S. The van der Waals surface area contributed by atoms with Gasteiger partial charge in [-0.3, -0.25) is 0 Å². The van der Waals surface area contributed by atoms with E-state index >= 15 is 0 Å². The standard InChI is InChI=1S/C15H22N2O4S/c18-12-13-5-7-16(8-6-13)22(19,20)17-9-10-21-15-4-2-1-3-14(15)11-17/h1-4,13,18H,5-12H2. The summed E-state index contributed by atoms with van der Waals surface area (Å²) in [6.45, 7) is 2.16. The predicted molar refractivity (Wildman–Crippen MR) is 82.6 cm³/mol. The zero-order chi connectivity index (χ0) is 15.6. The Morgan fingerprint density at radius 3 is 2.59 bits per heavy atom. The van der Waals surface area contributed by atoms with Gasteiger partial charge in [0, 0.05) is 38.3 Å². The summed E-state index contributed by atoms with van der Waals surface area (Å²) in [7, 11) is -3.48. The maximum absolute atomic E-state index is 12.8. The molecule has 2 aliphatic heterocycles. The molecule has 1 N–H and O–H groups in total. The van der Waals surface area contributed by atoms with Gasteiger partial charge in [0.15, 0.2) is 0 Å². The van der Waals surface area contributed by atoms with Gasteiger partial charge in [0.25, 0.3) is 10.2 Å². The van der Waals surface area contributed by atoms with Gasteiger partial charge in [-0.15, -0.1) is 0 Å². The molecule has 1 aromatic rings. The largest absolute Gasteiger partial charge is 0.492 e. The number of piperidine rings is 1. The lowest BCUT2D eigenvalue weighted by atomic mass is 10.00. The van der Waals surface area contributed by atoms with Crippen molar-refractivity contribution < 1.29 is 18.3 Å². The lowest BCUT2D eigenvalue weighted by Crippen LogP contribution is -2.47. The van der Waals surface area contributed by atoms with E-state index in [0.29, 0.717) is 32.8 Å². The predicted octanol–water partition coefficient (Wildman–Crippen LogP) is 0.830. The molecule has 0 unspecified atom stereocenters. The molecule has 0 radical (unpaired) electrons. The second-order valence-electron chi connectivity index (χ2n) is 5.82. The van der Waals surface area contributed by atoms with Gasteiger partial charge >= 0.3 is 0 Å². The molecule has 1 fully saturated rings. The number of fused-ring (bicyclic) bond motifs is 1. The maximum Gasteiger partial charge on any atom is 0.282 e. The first kappa shape index (κ1) is 15.7. The zero-order valence-electron chi connectivity index (χ0n) is 12.5. The van der Waals surface area contributed by atoms with Crippen LogP contribution in [0, 0.1) is 5.92 Å². The van der Waals surface area contributed by atoms with Crippen LogP contribution in [0.5, 0.6) is 5.75 Å². The summed E-state index contributed by atoms with van der Waals surface area (Å²) in [5.41, 5.74) is 0.897. The third-order valence-corrected chi connectivity index (χ3v) is 6.38. The van der Waals surface area contributed by atoms with Crippen molar-refractivity contribution in [1.82, 2.24) is 8.61 Å². The van der Waals surface area contributed by atoms with Crippen LogP contribution < -0.4 is 4.74 Å². The summed E-state index contributed by atoms with van der Waals surface area (Å²) in [6, 6.07) is 7.56. The Balaban J connectivity index is 1.75. The van der Waals surface area contributed by atoms with E-state index < -0.39 is 10.2 Å². The molecule has 0 spiro atoms. The summed E-state index contributed by atoms with van der Waals surface area (Å²) in [5.74, 6) is 0.985. The van der Waals surface area contributed by atoms with E-state index in [2.05, 4.69) is 0 Å². The number of benzene rings is 1. The fourth-order valence-corrected chi connectivity index (χ4v) is 4.59. The number of hydrogen-bond acceptors (Lipinski definition) is 4. The summed E-state index contributed by atoms with van der Waals surface area (Å²) < 4.78 is 34.3. The Morgan fingerprint density at radius 1 is 1.14 bits per heavy atom. The lowest BCUT2D eigenvalue weighted by molar-refractivity contribution is 0.165. The Bertz CT molecular complexity index is 612. The van der Waals surface area contributed by atoms with E-state index in [4.69, 9.17) is 4.74 Å². The number of hydrogen-bond donors (Lipinski definition) is 1. The molecule has 0 aromatic heterocycles. The average Bonchev–Trinajstić information content (AvgIpc) is 2.77. The van der Waals surface area contributed by atoms with E-state index in [9.17, 15) is 13.5 Å². The van der Waals surface area contributed by atoms with E-state index in [1.54, 1.807) is 0 Å². The first-order valence-corrected chi connectivity index (χ1v) is 9.08. The van der Waals surface area contributed by atoms with Gasteiger partial charge < -0.3 is 9.84 Å². The first-order chi connectivity index (χ1) is 10.6. The van der Waals surface area contributed by atoms with Crippen LogP contribution in [0.3, 0.4) is 0 Å². The maximum atomic E-state index is 12.8. The van der Waals surface area contributed by atoms with Gasteiger partial charge in [-0.25, -0.2) is 0 Å². The van der Waals surface area contributed by atoms with Crippen LogP contribution in [0.1, 0.15) is 18.4 Å². The number of aliphatic hydroxyl groups is 1. The summed E-state index contributed by atoms with van der Waals surface area (Å²) in [6.07, 6.45) is 1.44. The summed E-state index contributed by atoms with van der Waals surface area (Å²) >= 11 is 0. The molecule has 3 rings (SSSR count). The van der Waals surface area contributed by atoms with Crippen LogP contribution in [0.4, 0.5) is 0 Å². The molecule has 1 saturated heterocycles. The van der Waals surface area contributed by atoms with Crippen LogP contribution in [-0.4, -0.2) is 55.0 Å². The van der Waals surface area contributed by atoms with Crippen molar-refractivity contribution in [3.8, 4) is 5.75 Å². The van der Waals surface area contributed by atoms with Gasteiger partial charge in [0.1, 0.15) is 12.4 Å². The Labute approximate surface area is 131 Å². The molecular weight excluding hydrogens is 304 g/mol. The highest BCUT2D eigenvalue weighted by Crippen LogP contribution is 2.26. The molecule has 0 aliphatic carbocycles. The van der Waals surface area contributed by atoms with E-state index in [0.717, 1.165) is 24.2 Å². The van der Waals surface area contributed by atoms with Crippen LogP contribution in [0.15, 0.2) is 24.3 Å². The Hall–Kier alpha value is -1.15. The van der Waals surface area contributed by atoms with Gasteiger partial charge in [-0.2, -0.15) is 17.0 Å². The van der Waals surface area contributed by atoms with Crippen molar-refractivity contribution in [2.45, 2.75) is 19.4 Å².